The van der Waals surface area contributed by atoms with Gasteiger partial charge in [-0.3, -0.25) is 0 Å². The van der Waals surface area contributed by atoms with Crippen LogP contribution < -0.4 is 10.1 Å². The molecule has 3 nitrogen and oxygen atoms in total. The smallest absolute Gasteiger partial charge is 0.212 e. The fourth-order valence-electron chi connectivity index (χ4n) is 2.85. The van der Waals surface area contributed by atoms with E-state index in [-0.39, 0.29) is 0 Å². The molecular weight excluding hydrogens is 224 g/mol. The van der Waals surface area contributed by atoms with Crippen LogP contribution in [0.25, 0.3) is 0 Å². The summed E-state index contributed by atoms with van der Waals surface area (Å²) in [5.41, 5.74) is 1.23. The topological polar surface area (TPSA) is 34.1 Å². The van der Waals surface area contributed by atoms with Crippen molar-refractivity contribution in [1.29, 1.82) is 0 Å². The summed E-state index contributed by atoms with van der Waals surface area (Å²) in [7, 11) is 1.65. The van der Waals surface area contributed by atoms with E-state index in [0.29, 0.717) is 11.9 Å². The monoisotopic (exact) mass is 248 g/mol. The maximum absolute atomic E-state index is 5.07. The van der Waals surface area contributed by atoms with E-state index in [0.717, 1.165) is 12.5 Å². The van der Waals surface area contributed by atoms with Gasteiger partial charge in [0.1, 0.15) is 0 Å². The Balaban J connectivity index is 1.85. The van der Waals surface area contributed by atoms with Gasteiger partial charge in [-0.25, -0.2) is 4.98 Å². The number of rotatable bonds is 5. The number of pyridine rings is 1. The number of aromatic nitrogens is 1. The third kappa shape index (κ3) is 3.45. The summed E-state index contributed by atoms with van der Waals surface area (Å²) in [5, 5.41) is 3.70. The number of ether oxygens (including phenoxy) is 1. The summed E-state index contributed by atoms with van der Waals surface area (Å²) in [6.45, 7) is 3.22. The van der Waals surface area contributed by atoms with Crippen molar-refractivity contribution in [3.8, 4) is 5.88 Å². The van der Waals surface area contributed by atoms with E-state index in [4.69, 9.17) is 4.74 Å². The molecule has 18 heavy (non-hydrogen) atoms. The summed E-state index contributed by atoms with van der Waals surface area (Å²) >= 11 is 0. The van der Waals surface area contributed by atoms with Crippen LogP contribution in [-0.4, -0.2) is 18.1 Å². The summed E-state index contributed by atoms with van der Waals surface area (Å²) in [5.74, 6) is 1.54. The lowest BCUT2D eigenvalue weighted by Gasteiger charge is -2.31. The van der Waals surface area contributed by atoms with Crippen LogP contribution in [-0.2, 0) is 6.54 Å². The molecule has 2 unspecified atom stereocenters. The molecule has 1 N–H and O–H groups in total. The fraction of sp³-hybridized carbons (Fsp3) is 0.667. The molecule has 0 spiro atoms. The van der Waals surface area contributed by atoms with E-state index in [2.05, 4.69) is 23.3 Å². The van der Waals surface area contributed by atoms with Crippen LogP contribution >= 0.6 is 0 Å². The summed E-state index contributed by atoms with van der Waals surface area (Å²) in [4.78, 5) is 4.24. The molecule has 0 radical (unpaired) electrons. The van der Waals surface area contributed by atoms with Crippen LogP contribution in [0.15, 0.2) is 18.3 Å². The van der Waals surface area contributed by atoms with Gasteiger partial charge in [0.25, 0.3) is 0 Å². The van der Waals surface area contributed by atoms with Crippen molar-refractivity contribution in [2.24, 2.45) is 5.92 Å². The second-order valence-corrected chi connectivity index (χ2v) is 5.15. The molecule has 0 amide bonds. The van der Waals surface area contributed by atoms with Gasteiger partial charge in [0.2, 0.25) is 5.88 Å². The lowest BCUT2D eigenvalue weighted by Crippen LogP contribution is -2.37. The van der Waals surface area contributed by atoms with E-state index in [1.54, 1.807) is 7.11 Å². The summed E-state index contributed by atoms with van der Waals surface area (Å²) in [6, 6.07) is 4.70. The zero-order chi connectivity index (χ0) is 12.8. The predicted molar refractivity (Wildman–Crippen MR) is 73.7 cm³/mol. The molecule has 1 aliphatic carbocycles. The van der Waals surface area contributed by atoms with Crippen molar-refractivity contribution in [2.75, 3.05) is 7.11 Å². The number of hydrogen-bond acceptors (Lipinski definition) is 3. The highest BCUT2D eigenvalue weighted by Gasteiger charge is 2.22. The Bertz CT molecular complexity index is 350. The molecule has 1 fully saturated rings. The Labute approximate surface area is 110 Å². The molecule has 2 rings (SSSR count). The molecule has 1 aromatic heterocycles. The molecule has 0 aromatic carbocycles. The Hall–Kier alpha value is -1.09. The highest BCUT2D eigenvalue weighted by Crippen LogP contribution is 2.27. The first kappa shape index (κ1) is 13.3. The molecule has 1 aliphatic rings. The molecule has 1 heterocycles. The third-order valence-corrected chi connectivity index (χ3v) is 4.01. The first-order chi connectivity index (χ1) is 8.83. The molecule has 0 aliphatic heterocycles. The van der Waals surface area contributed by atoms with Gasteiger partial charge >= 0.3 is 0 Å². The van der Waals surface area contributed by atoms with Gasteiger partial charge in [0.05, 0.1) is 7.11 Å². The largest absolute Gasteiger partial charge is 0.481 e. The molecular formula is C15H24N2O. The Morgan fingerprint density at radius 3 is 2.83 bits per heavy atom. The van der Waals surface area contributed by atoms with Gasteiger partial charge in [0.15, 0.2) is 0 Å². The van der Waals surface area contributed by atoms with E-state index < -0.39 is 0 Å². The maximum atomic E-state index is 5.07. The number of nitrogens with zero attached hydrogens (tertiary/aromatic N) is 1. The summed E-state index contributed by atoms with van der Waals surface area (Å²) < 4.78 is 5.07. The van der Waals surface area contributed by atoms with Gasteiger partial charge in [0, 0.05) is 24.8 Å². The van der Waals surface area contributed by atoms with E-state index in [9.17, 15) is 0 Å². The minimum Gasteiger partial charge on any atom is -0.481 e. The van der Waals surface area contributed by atoms with E-state index in [1.807, 2.05) is 12.3 Å². The Morgan fingerprint density at radius 1 is 1.33 bits per heavy atom. The Morgan fingerprint density at radius 2 is 2.17 bits per heavy atom. The van der Waals surface area contributed by atoms with Crippen LogP contribution in [0.3, 0.4) is 0 Å². The second-order valence-electron chi connectivity index (χ2n) is 5.15. The highest BCUT2D eigenvalue weighted by atomic mass is 16.5. The van der Waals surface area contributed by atoms with Gasteiger partial charge < -0.3 is 10.1 Å². The van der Waals surface area contributed by atoms with Crippen LogP contribution in [0.4, 0.5) is 0 Å². The zero-order valence-electron chi connectivity index (χ0n) is 11.5. The second kappa shape index (κ2) is 6.74. The quantitative estimate of drug-likeness (QED) is 0.869. The first-order valence-corrected chi connectivity index (χ1v) is 7.05. The minimum absolute atomic E-state index is 0.683. The molecule has 0 bridgehead atoms. The fourth-order valence-corrected chi connectivity index (χ4v) is 2.85. The highest BCUT2D eigenvalue weighted by molar-refractivity contribution is 5.17. The number of hydrogen-bond donors (Lipinski definition) is 1. The molecule has 1 saturated carbocycles. The lowest BCUT2D eigenvalue weighted by atomic mass is 9.83. The van der Waals surface area contributed by atoms with Gasteiger partial charge in [-0.2, -0.15) is 0 Å². The minimum atomic E-state index is 0.683. The molecule has 3 heteroatoms. The molecule has 100 valence electrons. The lowest BCUT2D eigenvalue weighted by molar-refractivity contribution is 0.254. The standard InChI is InChI=1S/C15H24N2O/c1-3-13-6-4-5-7-14(13)16-10-12-8-9-15(18-2)17-11-12/h8-9,11,13-14,16H,3-7,10H2,1-2H3. The van der Waals surface area contributed by atoms with Crippen LogP contribution in [0.5, 0.6) is 5.88 Å². The van der Waals surface area contributed by atoms with Gasteiger partial charge in [-0.1, -0.05) is 32.3 Å². The molecule has 1 aromatic rings. The molecule has 2 atom stereocenters. The van der Waals surface area contributed by atoms with Crippen molar-refractivity contribution in [2.45, 2.75) is 51.6 Å². The average molecular weight is 248 g/mol. The number of nitrogens with one attached hydrogen (secondary N) is 1. The maximum Gasteiger partial charge on any atom is 0.212 e. The predicted octanol–water partition coefficient (Wildman–Crippen LogP) is 3.15. The number of methoxy groups -OCH3 is 1. The van der Waals surface area contributed by atoms with Crippen molar-refractivity contribution in [3.05, 3.63) is 23.9 Å². The normalized spacial score (nSPS) is 23.9. The van der Waals surface area contributed by atoms with Crippen molar-refractivity contribution < 1.29 is 4.74 Å². The molecule has 0 saturated heterocycles. The van der Waals surface area contributed by atoms with Crippen LogP contribution in [0.1, 0.15) is 44.6 Å². The SMILES string of the molecule is CCC1CCCCC1NCc1ccc(OC)nc1. The third-order valence-electron chi connectivity index (χ3n) is 4.01. The van der Waals surface area contributed by atoms with E-state index >= 15 is 0 Å². The first-order valence-electron chi connectivity index (χ1n) is 7.05. The summed E-state index contributed by atoms with van der Waals surface area (Å²) in [6.07, 6.45) is 8.67. The van der Waals surface area contributed by atoms with Crippen molar-refractivity contribution in [1.82, 2.24) is 10.3 Å². The van der Waals surface area contributed by atoms with Crippen molar-refractivity contribution in [3.63, 3.8) is 0 Å². The van der Waals surface area contributed by atoms with E-state index in [1.165, 1.54) is 37.7 Å². The van der Waals surface area contributed by atoms with Crippen molar-refractivity contribution >= 4 is 0 Å². The van der Waals surface area contributed by atoms with Gasteiger partial charge in [-0.05, 0) is 24.3 Å². The Kier molecular flexibility index (Phi) is 5.00. The zero-order valence-corrected chi connectivity index (χ0v) is 11.5. The average Bonchev–Trinajstić information content (AvgIpc) is 2.46. The van der Waals surface area contributed by atoms with Gasteiger partial charge in [-0.15, -0.1) is 0 Å². The van der Waals surface area contributed by atoms with Crippen LogP contribution in [0, 0.1) is 5.92 Å². The van der Waals surface area contributed by atoms with Crippen LogP contribution in [0.2, 0.25) is 0 Å².